The third-order valence-corrected chi connectivity index (χ3v) is 2.65. The van der Waals surface area contributed by atoms with E-state index in [9.17, 15) is 19.2 Å². The van der Waals surface area contributed by atoms with Crippen LogP contribution in [0.3, 0.4) is 0 Å². The SMILES string of the molecule is CCOC(=O)NC(=O)c1cn(CC[NH2+]CCO)c(=O)[nH]c1=O. The van der Waals surface area contributed by atoms with E-state index in [1.54, 1.807) is 12.2 Å². The second-order valence-corrected chi connectivity index (χ2v) is 4.26. The number of aromatic amines is 1. The summed E-state index contributed by atoms with van der Waals surface area (Å²) in [6.45, 7) is 2.85. The number of alkyl carbamates (subject to hydrolysis) is 1. The fourth-order valence-electron chi connectivity index (χ4n) is 1.63. The van der Waals surface area contributed by atoms with Crippen LogP contribution in [-0.4, -0.2) is 53.0 Å². The van der Waals surface area contributed by atoms with E-state index in [4.69, 9.17) is 5.11 Å². The van der Waals surface area contributed by atoms with Crippen LogP contribution in [-0.2, 0) is 11.3 Å². The molecule has 0 radical (unpaired) electrons. The van der Waals surface area contributed by atoms with Crippen molar-refractivity contribution in [1.29, 1.82) is 0 Å². The highest BCUT2D eigenvalue weighted by molar-refractivity contribution is 6.02. The molecule has 122 valence electrons. The van der Waals surface area contributed by atoms with Gasteiger partial charge in [-0.1, -0.05) is 0 Å². The van der Waals surface area contributed by atoms with Crippen molar-refractivity contribution in [1.82, 2.24) is 14.9 Å². The zero-order chi connectivity index (χ0) is 16.5. The highest BCUT2D eigenvalue weighted by atomic mass is 16.5. The summed E-state index contributed by atoms with van der Waals surface area (Å²) < 4.78 is 5.69. The lowest BCUT2D eigenvalue weighted by Crippen LogP contribution is -2.85. The number of aliphatic hydroxyl groups is 1. The van der Waals surface area contributed by atoms with Crippen molar-refractivity contribution in [2.75, 3.05) is 26.3 Å². The minimum absolute atomic E-state index is 0.00766. The molecule has 10 heteroatoms. The van der Waals surface area contributed by atoms with E-state index in [0.29, 0.717) is 13.1 Å². The van der Waals surface area contributed by atoms with Gasteiger partial charge in [-0.2, -0.15) is 0 Å². The Balaban J connectivity index is 2.86. The smallest absolute Gasteiger partial charge is 0.414 e. The van der Waals surface area contributed by atoms with Crippen LogP contribution in [0, 0.1) is 0 Å². The number of aliphatic hydroxyl groups excluding tert-OH is 1. The Morgan fingerprint density at radius 1 is 1.41 bits per heavy atom. The van der Waals surface area contributed by atoms with E-state index in [2.05, 4.69) is 4.74 Å². The summed E-state index contributed by atoms with van der Waals surface area (Å²) in [5.74, 6) is -0.951. The van der Waals surface area contributed by atoms with Crippen LogP contribution >= 0.6 is 0 Å². The van der Waals surface area contributed by atoms with Crippen LogP contribution in [0.2, 0.25) is 0 Å². The normalized spacial score (nSPS) is 10.3. The Kier molecular flexibility index (Phi) is 6.99. The lowest BCUT2D eigenvalue weighted by Gasteiger charge is -2.07. The predicted molar refractivity (Wildman–Crippen MR) is 74.6 cm³/mol. The van der Waals surface area contributed by atoms with Gasteiger partial charge in [0, 0.05) is 6.20 Å². The first-order valence-corrected chi connectivity index (χ1v) is 6.74. The number of H-pyrrole nitrogens is 1. The maximum atomic E-state index is 11.8. The third kappa shape index (κ3) is 5.14. The molecule has 0 fully saturated rings. The second-order valence-electron chi connectivity index (χ2n) is 4.26. The number of nitrogens with one attached hydrogen (secondary N) is 2. The van der Waals surface area contributed by atoms with Crippen molar-refractivity contribution >= 4 is 12.0 Å². The molecule has 1 heterocycles. The van der Waals surface area contributed by atoms with Gasteiger partial charge < -0.3 is 15.2 Å². The predicted octanol–water partition coefficient (Wildman–Crippen LogP) is -3.02. The number of aromatic nitrogens is 2. The number of hydrogen-bond donors (Lipinski definition) is 4. The number of nitrogens with two attached hydrogens (primary N) is 1. The molecule has 0 unspecified atom stereocenters. The van der Waals surface area contributed by atoms with Gasteiger partial charge in [-0.25, -0.2) is 9.59 Å². The van der Waals surface area contributed by atoms with Crippen LogP contribution in [0.5, 0.6) is 0 Å². The monoisotopic (exact) mass is 315 g/mol. The van der Waals surface area contributed by atoms with Gasteiger partial charge in [0.1, 0.15) is 5.56 Å². The van der Waals surface area contributed by atoms with Gasteiger partial charge in [0.15, 0.2) is 0 Å². The Hall–Kier alpha value is -2.46. The highest BCUT2D eigenvalue weighted by Crippen LogP contribution is 1.89. The number of imide groups is 1. The molecule has 0 bridgehead atoms. The van der Waals surface area contributed by atoms with Gasteiger partial charge in [0.25, 0.3) is 11.5 Å². The number of carbonyl (C=O) groups excluding carboxylic acids is 2. The van der Waals surface area contributed by atoms with Crippen molar-refractivity contribution in [3.05, 3.63) is 32.6 Å². The molecule has 0 saturated heterocycles. The molecule has 5 N–H and O–H groups in total. The first kappa shape index (κ1) is 17.6. The molecule has 1 aromatic rings. The van der Waals surface area contributed by atoms with E-state index in [1.165, 1.54) is 0 Å². The summed E-state index contributed by atoms with van der Waals surface area (Å²) in [7, 11) is 0. The van der Waals surface area contributed by atoms with Crippen LogP contribution in [0.1, 0.15) is 17.3 Å². The fourth-order valence-corrected chi connectivity index (χ4v) is 1.63. The second kappa shape index (κ2) is 8.74. The third-order valence-electron chi connectivity index (χ3n) is 2.65. The van der Waals surface area contributed by atoms with Crippen LogP contribution in [0.25, 0.3) is 0 Å². The molecule has 2 amide bonds. The number of amides is 2. The van der Waals surface area contributed by atoms with Gasteiger partial charge >= 0.3 is 11.8 Å². The molecule has 10 nitrogen and oxygen atoms in total. The molecule has 0 atom stereocenters. The van der Waals surface area contributed by atoms with Crippen molar-refractivity contribution in [3.63, 3.8) is 0 Å². The largest absolute Gasteiger partial charge is 0.450 e. The van der Waals surface area contributed by atoms with Gasteiger partial charge in [0.2, 0.25) is 0 Å². The van der Waals surface area contributed by atoms with Crippen LogP contribution < -0.4 is 21.9 Å². The van der Waals surface area contributed by atoms with E-state index in [-0.39, 0.29) is 25.3 Å². The maximum absolute atomic E-state index is 11.8. The van der Waals surface area contributed by atoms with E-state index in [0.717, 1.165) is 10.8 Å². The number of hydrogen-bond acceptors (Lipinski definition) is 6. The molecular formula is C12H19N4O6+. The van der Waals surface area contributed by atoms with Crippen molar-refractivity contribution in [2.45, 2.75) is 13.5 Å². The quantitative estimate of drug-likeness (QED) is 0.394. The summed E-state index contributed by atoms with van der Waals surface area (Å²) in [5, 5.41) is 12.3. The molecule has 22 heavy (non-hydrogen) atoms. The summed E-state index contributed by atoms with van der Waals surface area (Å²) in [6, 6.07) is 0. The molecule has 0 aromatic carbocycles. The minimum atomic E-state index is -0.971. The van der Waals surface area contributed by atoms with E-state index >= 15 is 0 Å². The average Bonchev–Trinajstić information content (AvgIpc) is 2.45. The molecule has 1 rings (SSSR count). The van der Waals surface area contributed by atoms with Crippen molar-refractivity contribution in [3.8, 4) is 0 Å². The minimum Gasteiger partial charge on any atom is -0.450 e. The lowest BCUT2D eigenvalue weighted by molar-refractivity contribution is -0.656. The Labute approximate surface area is 125 Å². The van der Waals surface area contributed by atoms with E-state index in [1.807, 2.05) is 10.3 Å². The standard InChI is InChI=1S/C12H18N4O6/c1-2-22-12(21)15-10(19)8-7-16(5-3-13-4-6-17)11(20)14-9(8)18/h7,13,17H,2-6H2,1H3,(H,14,18,20)(H,15,19,21)/p+1. The van der Waals surface area contributed by atoms with E-state index < -0.39 is 23.2 Å². The van der Waals surface area contributed by atoms with Gasteiger partial charge in [-0.15, -0.1) is 0 Å². The first-order chi connectivity index (χ1) is 10.5. The molecular weight excluding hydrogens is 296 g/mol. The Morgan fingerprint density at radius 3 is 2.77 bits per heavy atom. The molecule has 0 saturated carbocycles. The maximum Gasteiger partial charge on any atom is 0.414 e. The molecule has 0 spiro atoms. The lowest BCUT2D eigenvalue weighted by atomic mass is 10.3. The summed E-state index contributed by atoms with van der Waals surface area (Å²) >= 11 is 0. The van der Waals surface area contributed by atoms with Crippen LogP contribution in [0.15, 0.2) is 15.8 Å². The number of carbonyl (C=O) groups is 2. The zero-order valence-corrected chi connectivity index (χ0v) is 12.1. The number of nitrogens with zero attached hydrogens (tertiary/aromatic N) is 1. The first-order valence-electron chi connectivity index (χ1n) is 6.74. The number of quaternary nitrogens is 1. The highest BCUT2D eigenvalue weighted by Gasteiger charge is 2.16. The molecule has 0 aliphatic carbocycles. The van der Waals surface area contributed by atoms with Crippen molar-refractivity contribution in [2.24, 2.45) is 0 Å². The Bertz CT molecular complexity index is 635. The van der Waals surface area contributed by atoms with Gasteiger partial charge in [0.05, 0.1) is 32.8 Å². The number of ether oxygens (including phenoxy) is 1. The summed E-state index contributed by atoms with van der Waals surface area (Å²) in [6.07, 6.45) is 0.114. The zero-order valence-electron chi connectivity index (χ0n) is 12.1. The van der Waals surface area contributed by atoms with Crippen molar-refractivity contribution < 1.29 is 24.7 Å². The number of rotatable bonds is 7. The molecule has 1 aromatic heterocycles. The molecule has 0 aliphatic rings. The van der Waals surface area contributed by atoms with Gasteiger partial charge in [-0.05, 0) is 6.92 Å². The summed E-state index contributed by atoms with van der Waals surface area (Å²) in [5.41, 5.74) is -1.91. The molecule has 0 aliphatic heterocycles. The van der Waals surface area contributed by atoms with Crippen LogP contribution in [0.4, 0.5) is 4.79 Å². The average molecular weight is 315 g/mol. The summed E-state index contributed by atoms with van der Waals surface area (Å²) in [4.78, 5) is 48.2. The topological polar surface area (TPSA) is 147 Å². The Morgan fingerprint density at radius 2 is 2.14 bits per heavy atom. The van der Waals surface area contributed by atoms with Gasteiger partial charge in [-0.3, -0.25) is 24.5 Å². The fraction of sp³-hybridized carbons (Fsp3) is 0.500.